The van der Waals surface area contributed by atoms with Gasteiger partial charge in [-0.05, 0) is 165 Å². The zero-order valence-corrected chi connectivity index (χ0v) is 78.5. The third-order valence-corrected chi connectivity index (χ3v) is 23.0. The molecule has 12 N–H and O–H groups in total. The highest BCUT2D eigenvalue weighted by Gasteiger charge is 2.31. The fourth-order valence-electron chi connectivity index (χ4n) is 15.6. The lowest BCUT2D eigenvalue weighted by Crippen LogP contribution is -2.40. The summed E-state index contributed by atoms with van der Waals surface area (Å²) < 4.78 is 18.5. The number of nitrogens with two attached hydrogens (primary N) is 1. The van der Waals surface area contributed by atoms with Crippen LogP contribution in [-0.4, -0.2) is 198 Å². The van der Waals surface area contributed by atoms with Crippen molar-refractivity contribution >= 4 is 99.1 Å². The van der Waals surface area contributed by atoms with Crippen LogP contribution in [0.1, 0.15) is 55.0 Å². The van der Waals surface area contributed by atoms with Gasteiger partial charge < -0.3 is 82.4 Å². The number of benzene rings is 8. The minimum Gasteiger partial charge on any atom is -0.504 e. The SMILES string of the molecule is CC(C(O)c1ccccc1)N(C)c1cc(-n2cnc(Nc3ccccc3)n2)ccn1.CCN(CCOC)c1cc(-n2cnc(Nc3ccccc3)n2)ccn1.COC(=O)[C@H](Cc1ccc(O)c(O)c1)Nc1cc(-n2cnc(Nc3ccccc3)n2)ccn1.NC(=O)C1CCCN1c1cc(-n2cnc(Nc3ccccc3)n2)ccn1.c1ccc(Nc2ncn(-c3ccnc(NC4Cc5ccccc5C4)c3)n2)cc1. The van der Waals surface area contributed by atoms with Crippen molar-refractivity contribution in [2.75, 3.05) is 99.4 Å². The van der Waals surface area contributed by atoms with E-state index in [0.717, 1.165) is 125 Å². The van der Waals surface area contributed by atoms with Crippen LogP contribution in [0.2, 0.25) is 0 Å². The maximum absolute atomic E-state index is 12.3. The molecule has 11 heterocycles. The second-order valence-electron chi connectivity index (χ2n) is 32.7. The van der Waals surface area contributed by atoms with Crippen LogP contribution in [0.4, 0.5) is 87.3 Å². The van der Waals surface area contributed by atoms with Gasteiger partial charge in [0.15, 0.2) is 11.5 Å². The van der Waals surface area contributed by atoms with E-state index in [-0.39, 0.29) is 35.9 Å². The van der Waals surface area contributed by atoms with Gasteiger partial charge in [-0.15, -0.1) is 25.5 Å². The maximum atomic E-state index is 12.3. The van der Waals surface area contributed by atoms with Gasteiger partial charge in [0.05, 0.1) is 54.3 Å². The standard InChI is InChI=1S/C23H22N6O4.C23H24N6O.C22H20N6.C18H19N7O.C18H22N6O/c1-33-22(32)18(11-15-7-8-19(30)20(31)12-15)27-21-13-17(9-10-24-21)29-14-25-23(28-29)26-16-5-3-2-4-6-16;1-17(22(30)18-9-5-3-6-10-18)28(2)21-15-20(13-14-24-21)29-16-25-23(27-29)26-19-11-7-4-8-12-19;1-2-8-18(9-3-1)26-22-24-15-28(27-22)20-10-11-23-21(14-20)25-19-12-16-6-4-5-7-17(16)13-19;19-17(26)15-7-4-10-24(15)16-11-14(8-9-20-16)25-12-21-18(23-25)22-13-5-2-1-3-6-13;1-3-23(11-12-25-2)17-13-16(9-10-19-17)24-14-20-18(22-24)21-15-7-5-4-6-8-15/h2-10,12-14,18,30-31H,11H2,1H3,(H,24,27)(H,26,28);3-17,22,30H,1-2H3,(H,26,27);1-11,14-15,19H,12-13H2,(H,23,25)(H,26,27);1-3,5-6,8-9,11-12,15H,4,7,10H2,(H2,19,26)(H,22,23);4-10,13-14H,3,11-12H2,1-2H3,(H,21,22)/t18-;;;;/m0..../s1. The van der Waals surface area contributed by atoms with Crippen LogP contribution in [0, 0.1) is 0 Å². The first-order chi connectivity index (χ1) is 69.5. The highest BCUT2D eigenvalue weighted by atomic mass is 16.5. The molecule has 720 valence electrons. The number of carbonyl (C=O) groups is 2. The van der Waals surface area contributed by atoms with E-state index < -0.39 is 18.1 Å². The molecule has 38 heteroatoms. The van der Waals surface area contributed by atoms with Gasteiger partial charge in [0.2, 0.25) is 35.6 Å². The number of aliphatic hydroxyl groups is 1. The zero-order valence-electron chi connectivity index (χ0n) is 78.5. The van der Waals surface area contributed by atoms with Crippen molar-refractivity contribution in [1.29, 1.82) is 0 Å². The first-order valence-electron chi connectivity index (χ1n) is 45.9. The molecule has 1 aliphatic carbocycles. The summed E-state index contributed by atoms with van der Waals surface area (Å²) >= 11 is 0. The first-order valence-corrected chi connectivity index (χ1v) is 45.9. The number of likely N-dealkylation sites (N-methyl/N-ethyl adjacent to an activating group) is 2. The van der Waals surface area contributed by atoms with Gasteiger partial charge in [0.1, 0.15) is 72.8 Å². The highest BCUT2D eigenvalue weighted by molar-refractivity contribution is 5.84. The Bertz CT molecular complexity index is 7020. The molecule has 1 fully saturated rings. The number of nitrogens with one attached hydrogen (secondary N) is 7. The van der Waals surface area contributed by atoms with Crippen molar-refractivity contribution in [3.63, 3.8) is 0 Å². The van der Waals surface area contributed by atoms with Gasteiger partial charge in [0.25, 0.3) is 0 Å². The number of nitrogens with zero attached hydrogens (tertiary/aromatic N) is 23. The number of aliphatic hydroxyl groups excluding tert-OH is 1. The number of hydrogen-bond donors (Lipinski definition) is 11. The molecule has 18 aromatic rings. The van der Waals surface area contributed by atoms with Gasteiger partial charge in [-0.25, -0.2) is 53.1 Å². The lowest BCUT2D eigenvalue weighted by molar-refractivity contribution is -0.141. The molecule has 2 aliphatic rings. The molecule has 1 amide bonds. The molecular formula is C104H107N31O7. The molecule has 10 aromatic heterocycles. The number of phenolic OH excluding ortho intramolecular Hbond substituents is 2. The van der Waals surface area contributed by atoms with Crippen LogP contribution in [-0.2, 0) is 38.3 Å². The van der Waals surface area contributed by atoms with Crippen molar-refractivity contribution < 1.29 is 34.4 Å². The number of primary amides is 1. The fraction of sp³-hybridized carbons (Fsp3) is 0.183. The van der Waals surface area contributed by atoms with Crippen molar-refractivity contribution in [1.82, 2.24) is 98.7 Å². The Hall–Kier alpha value is -18.3. The number of amides is 1. The van der Waals surface area contributed by atoms with Crippen LogP contribution in [0.5, 0.6) is 11.5 Å². The largest absolute Gasteiger partial charge is 0.504 e. The fourth-order valence-corrected chi connectivity index (χ4v) is 15.6. The van der Waals surface area contributed by atoms with Crippen molar-refractivity contribution in [2.24, 2.45) is 5.73 Å². The minimum atomic E-state index is -0.771. The number of para-hydroxylation sites is 5. The molecule has 0 radical (unpaired) electrons. The van der Waals surface area contributed by atoms with Gasteiger partial charge in [-0.1, -0.05) is 152 Å². The van der Waals surface area contributed by atoms with Crippen LogP contribution >= 0.6 is 0 Å². The number of fused-ring (bicyclic) bond motifs is 1. The van der Waals surface area contributed by atoms with Crippen LogP contribution in [0.15, 0.2) is 348 Å². The van der Waals surface area contributed by atoms with Gasteiger partial charge in [0, 0.05) is 136 Å². The van der Waals surface area contributed by atoms with Crippen molar-refractivity contribution in [2.45, 2.75) is 76.2 Å². The Kier molecular flexibility index (Phi) is 32.7. The average molecular weight is 1900 g/mol. The summed E-state index contributed by atoms with van der Waals surface area (Å²) in [7, 11) is 4.92. The topological polar surface area (TPSA) is 451 Å². The number of methoxy groups -OCH3 is 2. The van der Waals surface area contributed by atoms with E-state index in [1.165, 1.54) is 30.4 Å². The molecule has 142 heavy (non-hydrogen) atoms. The number of aromatic nitrogens is 20. The predicted octanol–water partition coefficient (Wildman–Crippen LogP) is 15.7. The number of hydrogen-bond acceptors (Lipinski definition) is 32. The molecule has 3 unspecified atom stereocenters. The summed E-state index contributed by atoms with van der Waals surface area (Å²) in [5.74, 6) is 4.90. The van der Waals surface area contributed by atoms with Gasteiger partial charge in [-0.2, -0.15) is 24.9 Å². The summed E-state index contributed by atoms with van der Waals surface area (Å²) in [6.07, 6.45) is 20.2. The summed E-state index contributed by atoms with van der Waals surface area (Å²) in [4.78, 5) is 73.7. The van der Waals surface area contributed by atoms with Crippen LogP contribution in [0.25, 0.3) is 28.4 Å². The number of phenols is 2. The molecule has 0 spiro atoms. The molecule has 1 aliphatic heterocycles. The number of anilines is 15. The van der Waals surface area contributed by atoms with E-state index in [9.17, 15) is 24.9 Å². The van der Waals surface area contributed by atoms with Crippen molar-refractivity contribution in [3.05, 3.63) is 370 Å². The van der Waals surface area contributed by atoms with E-state index in [4.69, 9.17) is 15.2 Å². The molecular weight excluding hydrogens is 1800 g/mol. The van der Waals surface area contributed by atoms with E-state index in [1.807, 2.05) is 254 Å². The van der Waals surface area contributed by atoms with E-state index in [2.05, 4.69) is 149 Å². The van der Waals surface area contributed by atoms with E-state index in [0.29, 0.717) is 59.5 Å². The summed E-state index contributed by atoms with van der Waals surface area (Å²) in [6, 6.07) is 89.5. The molecule has 0 saturated carbocycles. The highest BCUT2D eigenvalue weighted by Crippen LogP contribution is 2.32. The number of carbonyl (C=O) groups excluding carboxylic acids is 2. The number of esters is 1. The Balaban J connectivity index is 0.000000128. The molecule has 20 rings (SSSR count). The first kappa shape index (κ1) is 96.8. The molecule has 1 saturated heterocycles. The Morgan fingerprint density at radius 3 is 1.28 bits per heavy atom. The summed E-state index contributed by atoms with van der Waals surface area (Å²) in [6.45, 7) is 7.15. The monoisotopic (exact) mass is 1900 g/mol. The third-order valence-electron chi connectivity index (χ3n) is 23.0. The number of rotatable bonds is 33. The zero-order chi connectivity index (χ0) is 98.3. The summed E-state index contributed by atoms with van der Waals surface area (Å²) in [5, 5.41) is 74.8. The second-order valence-corrected chi connectivity index (χ2v) is 32.7. The lowest BCUT2D eigenvalue weighted by Gasteiger charge is -2.30. The number of aromatic hydroxyl groups is 2. The van der Waals surface area contributed by atoms with Crippen molar-refractivity contribution in [3.8, 4) is 39.9 Å². The van der Waals surface area contributed by atoms with Crippen LogP contribution in [0.3, 0.4) is 0 Å². The average Bonchev–Trinajstić information content (AvgIpc) is 1.61. The molecule has 4 atom stereocenters. The second kappa shape index (κ2) is 47.9. The minimum absolute atomic E-state index is 0.166. The third kappa shape index (κ3) is 26.5. The quantitative estimate of drug-likeness (QED) is 0.0134. The normalized spacial score (nSPS) is 12.9. The Morgan fingerprint density at radius 2 is 0.852 bits per heavy atom. The van der Waals surface area contributed by atoms with E-state index in [1.54, 1.807) is 111 Å². The summed E-state index contributed by atoms with van der Waals surface area (Å²) in [5.41, 5.74) is 18.7. The lowest BCUT2D eigenvalue weighted by atomic mass is 10.0. The smallest absolute Gasteiger partial charge is 0.328 e. The van der Waals surface area contributed by atoms with E-state index >= 15 is 0 Å². The maximum Gasteiger partial charge on any atom is 0.328 e. The van der Waals surface area contributed by atoms with Crippen LogP contribution < -0.4 is 57.7 Å². The molecule has 0 bridgehead atoms. The predicted molar refractivity (Wildman–Crippen MR) is 547 cm³/mol. The molecule has 38 nitrogen and oxygen atoms in total. The Morgan fingerprint density at radius 1 is 0.458 bits per heavy atom. The number of ether oxygens (including phenoxy) is 2. The number of pyridine rings is 5. The Labute approximate surface area is 819 Å². The molecule has 8 aromatic carbocycles. The van der Waals surface area contributed by atoms with Gasteiger partial charge >= 0.3 is 5.97 Å². The van der Waals surface area contributed by atoms with Gasteiger partial charge in [-0.3, -0.25) is 4.79 Å².